The Morgan fingerprint density at radius 3 is 2.19 bits per heavy atom. The number of likely N-dealkylation sites (N-methyl/N-ethyl adjacent to an activating group) is 1. The second kappa shape index (κ2) is 11.1. The molecule has 0 spiro atoms. The summed E-state index contributed by atoms with van der Waals surface area (Å²) in [4.78, 5) is 17.2. The van der Waals surface area contributed by atoms with Gasteiger partial charge in [0, 0.05) is 38.4 Å². The monoisotopic (exact) mass is 491 g/mol. The van der Waals surface area contributed by atoms with Gasteiger partial charge >= 0.3 is 13.2 Å². The van der Waals surface area contributed by atoms with Gasteiger partial charge < -0.3 is 29.2 Å². The highest BCUT2D eigenvalue weighted by molar-refractivity contribution is 6.56. The van der Waals surface area contributed by atoms with Crippen LogP contribution in [0, 0.1) is 0 Å². The summed E-state index contributed by atoms with van der Waals surface area (Å²) in [6.07, 6.45) is 1.56. The quantitative estimate of drug-likeness (QED) is 0.581. The zero-order valence-electron chi connectivity index (χ0n) is 22.1. The topological polar surface area (TPSA) is 63.3 Å². The summed E-state index contributed by atoms with van der Waals surface area (Å²) < 4.78 is 18.0. The van der Waals surface area contributed by atoms with Crippen molar-refractivity contribution in [1.82, 2.24) is 10.2 Å². The van der Waals surface area contributed by atoms with Gasteiger partial charge in [-0.2, -0.15) is 0 Å². The number of benzene rings is 2. The maximum absolute atomic E-state index is 12.4. The maximum Gasteiger partial charge on any atom is 0.492 e. The van der Waals surface area contributed by atoms with Crippen LogP contribution in [0.4, 0.5) is 10.5 Å². The number of nitrogens with one attached hydrogen (secondary N) is 1. The SMILES string of the molecule is CN1CCN(c2ccc(C=C(CNC(=O)OCc3ccccc3)B3OC(C)(C)C(C)(C)O3)cc2)CC1. The number of carbonyl (C=O) groups excluding carboxylic acids is 1. The van der Waals surface area contributed by atoms with Crippen molar-refractivity contribution < 1.29 is 18.8 Å². The zero-order valence-corrected chi connectivity index (χ0v) is 22.1. The summed E-state index contributed by atoms with van der Waals surface area (Å²) in [7, 11) is 1.59. The van der Waals surface area contributed by atoms with Gasteiger partial charge in [0.05, 0.1) is 11.2 Å². The first kappa shape index (κ1) is 26.3. The Morgan fingerprint density at radius 2 is 1.58 bits per heavy atom. The highest BCUT2D eigenvalue weighted by atomic mass is 16.7. The molecule has 0 unspecified atom stereocenters. The van der Waals surface area contributed by atoms with E-state index >= 15 is 0 Å². The Labute approximate surface area is 215 Å². The number of rotatable bonds is 7. The molecule has 192 valence electrons. The first-order valence-corrected chi connectivity index (χ1v) is 12.7. The van der Waals surface area contributed by atoms with E-state index in [1.54, 1.807) is 0 Å². The number of carbonyl (C=O) groups is 1. The summed E-state index contributed by atoms with van der Waals surface area (Å²) in [6, 6.07) is 18.1. The van der Waals surface area contributed by atoms with Crippen LogP contribution in [-0.4, -0.2) is 69.1 Å². The lowest BCUT2D eigenvalue weighted by molar-refractivity contribution is 0.00578. The van der Waals surface area contributed by atoms with Gasteiger partial charge in [-0.15, -0.1) is 0 Å². The highest BCUT2D eigenvalue weighted by Gasteiger charge is 2.52. The van der Waals surface area contributed by atoms with Crippen LogP contribution in [0.2, 0.25) is 0 Å². The van der Waals surface area contributed by atoms with Crippen LogP contribution in [-0.2, 0) is 20.7 Å². The second-order valence-electron chi connectivity index (χ2n) is 10.6. The highest BCUT2D eigenvalue weighted by Crippen LogP contribution is 2.38. The summed E-state index contributed by atoms with van der Waals surface area (Å²) in [5.41, 5.74) is 3.07. The van der Waals surface area contributed by atoms with Gasteiger partial charge in [-0.3, -0.25) is 0 Å². The van der Waals surface area contributed by atoms with E-state index in [9.17, 15) is 4.79 Å². The zero-order chi connectivity index (χ0) is 25.8. The van der Waals surface area contributed by atoms with Crippen molar-refractivity contribution in [1.29, 1.82) is 0 Å². The Hall–Kier alpha value is -2.81. The van der Waals surface area contributed by atoms with Gasteiger partial charge in [-0.25, -0.2) is 4.79 Å². The van der Waals surface area contributed by atoms with Gasteiger partial charge in [0.2, 0.25) is 0 Å². The number of hydrogen-bond acceptors (Lipinski definition) is 6. The lowest BCUT2D eigenvalue weighted by Gasteiger charge is -2.34. The fourth-order valence-electron chi connectivity index (χ4n) is 4.21. The van der Waals surface area contributed by atoms with Crippen LogP contribution in [0.25, 0.3) is 6.08 Å². The number of piperazine rings is 1. The lowest BCUT2D eigenvalue weighted by atomic mass is 9.77. The summed E-state index contributed by atoms with van der Waals surface area (Å²) in [5.74, 6) is 0. The molecule has 1 N–H and O–H groups in total. The van der Waals surface area contributed by atoms with Crippen LogP contribution in [0.5, 0.6) is 0 Å². The molecule has 2 aliphatic rings. The molecular formula is C28H38BN3O4. The summed E-state index contributed by atoms with van der Waals surface area (Å²) in [6.45, 7) is 12.8. The average molecular weight is 491 g/mol. The number of ether oxygens (including phenoxy) is 1. The van der Waals surface area contributed by atoms with E-state index in [0.29, 0.717) is 0 Å². The van der Waals surface area contributed by atoms with Gasteiger partial charge in [0.15, 0.2) is 0 Å². The molecule has 0 radical (unpaired) electrons. The van der Waals surface area contributed by atoms with Crippen molar-refractivity contribution in [3.8, 4) is 0 Å². The van der Waals surface area contributed by atoms with Crippen molar-refractivity contribution in [3.63, 3.8) is 0 Å². The molecule has 7 nitrogen and oxygen atoms in total. The third-order valence-corrected chi connectivity index (χ3v) is 7.32. The first-order valence-electron chi connectivity index (χ1n) is 12.7. The molecule has 0 aliphatic carbocycles. The Morgan fingerprint density at radius 1 is 0.972 bits per heavy atom. The summed E-state index contributed by atoms with van der Waals surface area (Å²) >= 11 is 0. The van der Waals surface area contributed by atoms with Crippen molar-refractivity contribution in [2.24, 2.45) is 0 Å². The molecule has 36 heavy (non-hydrogen) atoms. The summed E-state index contributed by atoms with van der Waals surface area (Å²) in [5, 5.41) is 2.87. The lowest BCUT2D eigenvalue weighted by Crippen LogP contribution is -2.44. The van der Waals surface area contributed by atoms with E-state index in [1.165, 1.54) is 5.69 Å². The fraction of sp³-hybridized carbons (Fsp3) is 0.464. The van der Waals surface area contributed by atoms with Gasteiger partial charge in [-0.1, -0.05) is 48.5 Å². The van der Waals surface area contributed by atoms with E-state index in [-0.39, 0.29) is 13.2 Å². The average Bonchev–Trinajstić information content (AvgIpc) is 3.08. The van der Waals surface area contributed by atoms with Crippen molar-refractivity contribution >= 4 is 25.0 Å². The minimum Gasteiger partial charge on any atom is -0.445 e. The Kier molecular flexibility index (Phi) is 8.08. The molecule has 0 saturated carbocycles. The second-order valence-corrected chi connectivity index (χ2v) is 10.6. The smallest absolute Gasteiger partial charge is 0.445 e. The molecule has 2 aromatic carbocycles. The Balaban J connectivity index is 1.45. The minimum atomic E-state index is -0.568. The number of anilines is 1. The largest absolute Gasteiger partial charge is 0.492 e. The number of alkyl carbamates (subject to hydrolysis) is 1. The molecule has 0 aromatic heterocycles. The van der Waals surface area contributed by atoms with Gasteiger partial charge in [0.25, 0.3) is 0 Å². The fourth-order valence-corrected chi connectivity index (χ4v) is 4.21. The third-order valence-electron chi connectivity index (χ3n) is 7.32. The molecule has 2 fully saturated rings. The van der Waals surface area contributed by atoms with E-state index in [0.717, 1.165) is 42.8 Å². The first-order chi connectivity index (χ1) is 17.1. The standard InChI is InChI=1S/C28H38BN3O4/c1-27(2)28(3,4)36-29(35-27)24(20-30-26(33)34-21-23-9-7-6-8-10-23)19-22-11-13-25(14-12-22)32-17-15-31(5)16-18-32/h6-14,19H,15-18,20-21H2,1-5H3,(H,30,33). The predicted octanol–water partition coefficient (Wildman–Crippen LogP) is 4.38. The van der Waals surface area contributed by atoms with E-state index in [2.05, 4.69) is 46.4 Å². The van der Waals surface area contributed by atoms with Crippen LogP contribution < -0.4 is 10.2 Å². The number of nitrogens with zero attached hydrogens (tertiary/aromatic N) is 2. The van der Waals surface area contributed by atoms with Crippen molar-refractivity contribution in [2.45, 2.75) is 45.5 Å². The van der Waals surface area contributed by atoms with Crippen LogP contribution >= 0.6 is 0 Å². The van der Waals surface area contributed by atoms with E-state index in [1.807, 2.05) is 64.1 Å². The Bertz CT molecular complexity index is 1030. The molecule has 2 aromatic rings. The molecule has 2 heterocycles. The van der Waals surface area contributed by atoms with Crippen molar-refractivity contribution in [3.05, 3.63) is 71.2 Å². The molecule has 8 heteroatoms. The normalized spacial score (nSPS) is 19.9. The predicted molar refractivity (Wildman–Crippen MR) is 145 cm³/mol. The van der Waals surface area contributed by atoms with Crippen LogP contribution in [0.3, 0.4) is 0 Å². The molecule has 0 bridgehead atoms. The van der Waals surface area contributed by atoms with Crippen molar-refractivity contribution in [2.75, 3.05) is 44.7 Å². The molecular weight excluding hydrogens is 453 g/mol. The molecule has 0 atom stereocenters. The minimum absolute atomic E-state index is 0.218. The van der Waals surface area contributed by atoms with Gasteiger partial charge in [-0.05, 0) is 63.5 Å². The maximum atomic E-state index is 12.4. The molecule has 2 aliphatic heterocycles. The number of hydrogen-bond donors (Lipinski definition) is 1. The van der Waals surface area contributed by atoms with Crippen LogP contribution in [0.1, 0.15) is 38.8 Å². The van der Waals surface area contributed by atoms with E-state index in [4.69, 9.17) is 14.0 Å². The number of amides is 1. The van der Waals surface area contributed by atoms with Crippen LogP contribution in [0.15, 0.2) is 60.1 Å². The van der Waals surface area contributed by atoms with E-state index < -0.39 is 24.4 Å². The molecule has 4 rings (SSSR count). The molecule has 1 amide bonds. The molecule has 2 saturated heterocycles. The third kappa shape index (κ3) is 6.49. The van der Waals surface area contributed by atoms with Gasteiger partial charge in [0.1, 0.15) is 6.61 Å².